The van der Waals surface area contributed by atoms with E-state index in [0.717, 1.165) is 89.3 Å². The van der Waals surface area contributed by atoms with Crippen LogP contribution in [0.25, 0.3) is 142 Å². The van der Waals surface area contributed by atoms with Gasteiger partial charge in [0, 0.05) is 49.9 Å². The molecular weight excluding hydrogens is 1100 g/mol. The molecule has 0 amide bonds. The van der Waals surface area contributed by atoms with Gasteiger partial charge in [0.05, 0.1) is 17.1 Å². The molecule has 0 aliphatic heterocycles. The predicted octanol–water partition coefficient (Wildman–Crippen LogP) is 25.3. The van der Waals surface area contributed by atoms with Gasteiger partial charge in [-0.15, -0.1) is 0 Å². The summed E-state index contributed by atoms with van der Waals surface area (Å²) in [5.41, 5.74) is 17.2. The van der Waals surface area contributed by atoms with Crippen molar-refractivity contribution in [1.29, 1.82) is 0 Å². The zero-order valence-electron chi connectivity index (χ0n) is 49.6. The fourth-order valence-electron chi connectivity index (χ4n) is 14.4. The Morgan fingerprint density at radius 1 is 0.198 bits per heavy atom. The summed E-state index contributed by atoms with van der Waals surface area (Å²) in [7, 11) is 0. The molecule has 0 aliphatic rings. The van der Waals surface area contributed by atoms with Gasteiger partial charge in [-0.25, -0.2) is 0 Å². The monoisotopic (exact) mass is 1160 g/mol. The van der Waals surface area contributed by atoms with Crippen LogP contribution in [0.1, 0.15) is 0 Å². The molecule has 18 aromatic rings. The normalized spacial score (nSPS) is 11.7. The van der Waals surface area contributed by atoms with Crippen molar-refractivity contribution < 1.29 is 4.42 Å². The summed E-state index contributed by atoms with van der Waals surface area (Å²) in [5, 5.41) is 19.2. The molecule has 0 unspecified atom stereocenters. The predicted molar refractivity (Wildman–Crippen MR) is 387 cm³/mol. The van der Waals surface area contributed by atoms with E-state index in [1.807, 2.05) is 0 Å². The Morgan fingerprint density at radius 2 is 0.615 bits per heavy atom. The Labute approximate surface area is 526 Å². The number of benzene rings is 17. The number of fused-ring (bicyclic) bond motifs is 14. The molecule has 0 radical (unpaired) electrons. The van der Waals surface area contributed by atoms with E-state index in [2.05, 4.69) is 350 Å². The van der Waals surface area contributed by atoms with Gasteiger partial charge in [-0.3, -0.25) is 0 Å². The number of hydrogen-bond acceptors (Lipinski definition) is 3. The largest absolute Gasteiger partial charge is 0.455 e. The van der Waals surface area contributed by atoms with Crippen molar-refractivity contribution in [2.24, 2.45) is 0 Å². The summed E-state index contributed by atoms with van der Waals surface area (Å²) < 4.78 is 6.80. The number of anilines is 6. The molecule has 0 fully saturated rings. The molecule has 18 rings (SSSR count). The molecule has 0 atom stereocenters. The Morgan fingerprint density at radius 3 is 1.29 bits per heavy atom. The Bertz CT molecular complexity index is 5900. The molecule has 0 N–H and O–H groups in total. The maximum atomic E-state index is 6.80. The van der Waals surface area contributed by atoms with Gasteiger partial charge in [0.2, 0.25) is 0 Å². The topological polar surface area (TPSA) is 19.6 Å². The second kappa shape index (κ2) is 21.4. The average Bonchev–Trinajstić information content (AvgIpc) is 1.86. The summed E-state index contributed by atoms with van der Waals surface area (Å²) in [6, 6.07) is 125. The quantitative estimate of drug-likeness (QED) is 0.127. The number of rotatable bonds is 10. The van der Waals surface area contributed by atoms with Crippen LogP contribution in [0.15, 0.2) is 344 Å². The molecule has 0 aliphatic carbocycles. The van der Waals surface area contributed by atoms with Gasteiger partial charge in [0.15, 0.2) is 0 Å². The molecular formula is C88H56N2O. The molecule has 0 bridgehead atoms. The lowest BCUT2D eigenvalue weighted by Gasteiger charge is -2.32. The van der Waals surface area contributed by atoms with Crippen molar-refractivity contribution in [1.82, 2.24) is 0 Å². The molecule has 17 aromatic carbocycles. The van der Waals surface area contributed by atoms with Crippen LogP contribution in [0, 0.1) is 0 Å². The van der Waals surface area contributed by atoms with Gasteiger partial charge in [-0.2, -0.15) is 0 Å². The summed E-state index contributed by atoms with van der Waals surface area (Å²) in [5.74, 6) is 0. The molecule has 1 heterocycles. The second-order valence-corrected chi connectivity index (χ2v) is 23.9. The number of furan rings is 1. The van der Waals surface area contributed by atoms with E-state index in [1.54, 1.807) is 0 Å². The van der Waals surface area contributed by atoms with Crippen LogP contribution < -0.4 is 9.80 Å². The second-order valence-electron chi connectivity index (χ2n) is 23.9. The van der Waals surface area contributed by atoms with Crippen molar-refractivity contribution in [3.8, 4) is 44.5 Å². The van der Waals surface area contributed by atoms with E-state index in [0.29, 0.717) is 0 Å². The van der Waals surface area contributed by atoms with E-state index in [1.165, 1.54) is 86.7 Å². The highest BCUT2D eigenvalue weighted by Gasteiger charge is 2.25. The lowest BCUT2D eigenvalue weighted by atomic mass is 9.95. The first-order valence-corrected chi connectivity index (χ1v) is 31.3. The highest BCUT2D eigenvalue weighted by Crippen LogP contribution is 2.51. The molecule has 0 spiro atoms. The van der Waals surface area contributed by atoms with Crippen molar-refractivity contribution in [3.63, 3.8) is 0 Å². The SMILES string of the molecule is c1ccc(-c2ccc3c(ccc4cc(N(c5ccc(-c6ccc7c(ccc8ccccc87)c6)cc5)c5ccccc5-c5ccccc5N(c5ccc(-c6cc7ccccc7c7c6oc6ccccc67)cc5)c5cc6ccccc6c6ccccc56)ccc43)c2)cc1. The maximum absolute atomic E-state index is 6.80. The van der Waals surface area contributed by atoms with Gasteiger partial charge in [-0.05, 0) is 177 Å². The summed E-state index contributed by atoms with van der Waals surface area (Å²) in [6.45, 7) is 0. The van der Waals surface area contributed by atoms with Crippen LogP contribution in [0.2, 0.25) is 0 Å². The molecule has 1 aromatic heterocycles. The van der Waals surface area contributed by atoms with E-state index in [9.17, 15) is 0 Å². The van der Waals surface area contributed by atoms with Gasteiger partial charge < -0.3 is 14.2 Å². The standard InChI is InChI=1S/C88H56N2O/c1-2-18-57(19-3-1)61-42-50-74-66(52-61)36-37-67-54-70(48-51-75(67)74)89(68-44-38-58(39-45-68)62-43-49-73-65(53-62)35-34-59-20-4-7-23-71(59)73)83-31-15-12-28-79(83)80-29-13-16-32-84(80)90(85-56-64-22-5-8-24-72(64)77-26-10-11-27-78(77)85)69-46-40-60(41-47-69)82-55-63-21-6-9-25-76(63)87-81-30-14-17-33-86(81)91-88(82)87/h1-56H. The lowest BCUT2D eigenvalue weighted by Crippen LogP contribution is -2.14. The highest BCUT2D eigenvalue weighted by atomic mass is 16.3. The molecule has 3 nitrogen and oxygen atoms in total. The minimum absolute atomic E-state index is 0.885. The van der Waals surface area contributed by atoms with Crippen molar-refractivity contribution >= 4 is 131 Å². The Hall–Kier alpha value is -12.0. The van der Waals surface area contributed by atoms with Crippen LogP contribution >= 0.6 is 0 Å². The Kier molecular flexibility index (Phi) is 12.2. The third kappa shape index (κ3) is 8.81. The smallest absolute Gasteiger partial charge is 0.143 e. The highest BCUT2D eigenvalue weighted by molar-refractivity contribution is 6.23. The summed E-state index contributed by atoms with van der Waals surface area (Å²) >= 11 is 0. The molecule has 0 saturated carbocycles. The van der Waals surface area contributed by atoms with Crippen molar-refractivity contribution in [2.45, 2.75) is 0 Å². The zero-order chi connectivity index (χ0) is 59.9. The third-order valence-corrected chi connectivity index (χ3v) is 18.8. The number of para-hydroxylation sites is 3. The van der Waals surface area contributed by atoms with Crippen LogP contribution in [0.5, 0.6) is 0 Å². The summed E-state index contributed by atoms with van der Waals surface area (Å²) in [6.07, 6.45) is 0. The first kappa shape index (κ1) is 52.1. The first-order valence-electron chi connectivity index (χ1n) is 31.3. The van der Waals surface area contributed by atoms with Crippen LogP contribution in [0.4, 0.5) is 34.1 Å². The lowest BCUT2D eigenvalue weighted by molar-refractivity contribution is 0.670. The Balaban J connectivity index is 0.815. The molecule has 0 saturated heterocycles. The van der Waals surface area contributed by atoms with Gasteiger partial charge in [0.1, 0.15) is 11.2 Å². The van der Waals surface area contributed by atoms with Crippen LogP contribution in [0.3, 0.4) is 0 Å². The fourth-order valence-corrected chi connectivity index (χ4v) is 14.4. The molecule has 424 valence electrons. The van der Waals surface area contributed by atoms with Gasteiger partial charge in [0.25, 0.3) is 0 Å². The number of hydrogen-bond donors (Lipinski definition) is 0. The van der Waals surface area contributed by atoms with E-state index in [4.69, 9.17) is 4.42 Å². The maximum Gasteiger partial charge on any atom is 0.143 e. The van der Waals surface area contributed by atoms with Crippen molar-refractivity contribution in [2.75, 3.05) is 9.80 Å². The van der Waals surface area contributed by atoms with E-state index in [-0.39, 0.29) is 0 Å². The van der Waals surface area contributed by atoms with Crippen LogP contribution in [-0.2, 0) is 0 Å². The number of nitrogens with zero attached hydrogens (tertiary/aromatic N) is 2. The van der Waals surface area contributed by atoms with E-state index < -0.39 is 0 Å². The minimum atomic E-state index is 0.885. The summed E-state index contributed by atoms with van der Waals surface area (Å²) in [4.78, 5) is 4.94. The minimum Gasteiger partial charge on any atom is -0.455 e. The molecule has 91 heavy (non-hydrogen) atoms. The zero-order valence-corrected chi connectivity index (χ0v) is 49.6. The van der Waals surface area contributed by atoms with Gasteiger partial charge in [-0.1, -0.05) is 261 Å². The third-order valence-electron chi connectivity index (χ3n) is 18.8. The van der Waals surface area contributed by atoms with Crippen molar-refractivity contribution in [3.05, 3.63) is 340 Å². The average molecular weight is 1160 g/mol. The fraction of sp³-hybridized carbons (Fsp3) is 0. The molecule has 3 heteroatoms. The van der Waals surface area contributed by atoms with E-state index >= 15 is 0 Å². The van der Waals surface area contributed by atoms with Crippen LogP contribution in [-0.4, -0.2) is 0 Å². The first-order chi connectivity index (χ1) is 45.1. The van der Waals surface area contributed by atoms with Gasteiger partial charge >= 0.3 is 0 Å².